The van der Waals surface area contributed by atoms with Gasteiger partial charge in [0.2, 0.25) is 0 Å². The zero-order valence-corrected chi connectivity index (χ0v) is 8.71. The lowest BCUT2D eigenvalue weighted by Crippen LogP contribution is -2.25. The maximum atomic E-state index is 13.1. The van der Waals surface area contributed by atoms with E-state index in [0.29, 0.717) is 11.1 Å². The van der Waals surface area contributed by atoms with Crippen LogP contribution in [0.3, 0.4) is 0 Å². The van der Waals surface area contributed by atoms with Crippen LogP contribution < -0.4 is 5.73 Å². The van der Waals surface area contributed by atoms with Crippen LogP contribution in [0.1, 0.15) is 29.7 Å². The van der Waals surface area contributed by atoms with E-state index < -0.39 is 6.10 Å². The monoisotopic (exact) mass is 197 g/mol. The maximum absolute atomic E-state index is 13.1. The van der Waals surface area contributed by atoms with Crippen LogP contribution in [0.4, 0.5) is 4.39 Å². The molecule has 0 heterocycles. The van der Waals surface area contributed by atoms with E-state index in [2.05, 4.69) is 0 Å². The highest BCUT2D eigenvalue weighted by Crippen LogP contribution is 2.23. The molecule has 0 saturated carbocycles. The summed E-state index contributed by atoms with van der Waals surface area (Å²) < 4.78 is 13.1. The highest BCUT2D eigenvalue weighted by molar-refractivity contribution is 5.36. The summed E-state index contributed by atoms with van der Waals surface area (Å²) in [5, 5.41) is 9.75. The average molecular weight is 197 g/mol. The van der Waals surface area contributed by atoms with Crippen molar-refractivity contribution in [2.45, 2.75) is 32.9 Å². The summed E-state index contributed by atoms with van der Waals surface area (Å²) in [7, 11) is 0. The summed E-state index contributed by atoms with van der Waals surface area (Å²) >= 11 is 0. The number of benzene rings is 1. The normalized spacial score (nSPS) is 15.3. The number of hydrogen-bond donors (Lipinski definition) is 2. The molecular weight excluding hydrogens is 181 g/mol. The van der Waals surface area contributed by atoms with Gasteiger partial charge in [0.15, 0.2) is 0 Å². The Kier molecular flexibility index (Phi) is 3.24. The van der Waals surface area contributed by atoms with Gasteiger partial charge in [-0.15, -0.1) is 0 Å². The summed E-state index contributed by atoms with van der Waals surface area (Å²) in [6.45, 7) is 5.21. The van der Waals surface area contributed by atoms with Crippen molar-refractivity contribution in [3.63, 3.8) is 0 Å². The quantitative estimate of drug-likeness (QED) is 0.759. The molecule has 0 unspecified atom stereocenters. The van der Waals surface area contributed by atoms with Crippen molar-refractivity contribution in [1.82, 2.24) is 0 Å². The van der Waals surface area contributed by atoms with Crippen molar-refractivity contribution < 1.29 is 9.50 Å². The number of rotatable bonds is 2. The molecule has 1 aromatic rings. The standard InChI is InChI=1S/C11H16FNO/c1-6-7(2)10(12)5-4-9(6)11(14)8(3)13/h4-5,8,11,14H,13H2,1-3H3/t8-,11-/m1/s1. The molecule has 0 amide bonds. The van der Waals surface area contributed by atoms with Crippen molar-refractivity contribution in [3.05, 3.63) is 34.6 Å². The van der Waals surface area contributed by atoms with Crippen LogP contribution in [0.5, 0.6) is 0 Å². The number of nitrogens with two attached hydrogens (primary N) is 1. The molecule has 1 aromatic carbocycles. The first-order valence-corrected chi connectivity index (χ1v) is 4.64. The molecule has 3 heteroatoms. The molecular formula is C11H16FNO. The second kappa shape index (κ2) is 4.07. The Balaban J connectivity index is 3.17. The molecule has 0 aliphatic carbocycles. The van der Waals surface area contributed by atoms with Crippen LogP contribution >= 0.6 is 0 Å². The zero-order chi connectivity index (χ0) is 10.9. The second-order valence-corrected chi connectivity index (χ2v) is 3.69. The van der Waals surface area contributed by atoms with Crippen molar-refractivity contribution in [2.75, 3.05) is 0 Å². The molecule has 3 N–H and O–H groups in total. The molecule has 1 rings (SSSR count). The fraction of sp³-hybridized carbons (Fsp3) is 0.455. The summed E-state index contributed by atoms with van der Waals surface area (Å²) in [4.78, 5) is 0. The van der Waals surface area contributed by atoms with Crippen molar-refractivity contribution in [3.8, 4) is 0 Å². The predicted octanol–water partition coefficient (Wildman–Crippen LogP) is 1.82. The third-order valence-electron chi connectivity index (χ3n) is 2.58. The average Bonchev–Trinajstić information content (AvgIpc) is 2.13. The Hall–Kier alpha value is -0.930. The lowest BCUT2D eigenvalue weighted by Gasteiger charge is -2.18. The number of hydrogen-bond acceptors (Lipinski definition) is 2. The zero-order valence-electron chi connectivity index (χ0n) is 8.71. The van der Waals surface area contributed by atoms with Gasteiger partial charge in [-0.25, -0.2) is 4.39 Å². The fourth-order valence-corrected chi connectivity index (χ4v) is 1.41. The van der Waals surface area contributed by atoms with Crippen molar-refractivity contribution in [1.29, 1.82) is 0 Å². The van der Waals surface area contributed by atoms with Crippen LogP contribution in [0, 0.1) is 19.7 Å². The summed E-state index contributed by atoms with van der Waals surface area (Å²) in [6, 6.07) is 2.60. The Morgan fingerprint density at radius 1 is 1.29 bits per heavy atom. The van der Waals surface area contributed by atoms with Gasteiger partial charge in [0.25, 0.3) is 0 Å². The molecule has 0 fully saturated rings. The molecule has 2 atom stereocenters. The molecule has 14 heavy (non-hydrogen) atoms. The van der Waals surface area contributed by atoms with E-state index in [1.165, 1.54) is 6.07 Å². The van der Waals surface area contributed by atoms with E-state index in [1.54, 1.807) is 26.8 Å². The Morgan fingerprint density at radius 3 is 2.36 bits per heavy atom. The van der Waals surface area contributed by atoms with Gasteiger partial charge in [-0.1, -0.05) is 6.07 Å². The van der Waals surface area contributed by atoms with Gasteiger partial charge in [0.05, 0.1) is 6.10 Å². The van der Waals surface area contributed by atoms with Gasteiger partial charge >= 0.3 is 0 Å². The first-order valence-electron chi connectivity index (χ1n) is 4.64. The summed E-state index contributed by atoms with van der Waals surface area (Å²) in [5.41, 5.74) is 7.63. The number of aliphatic hydroxyl groups excluding tert-OH is 1. The third-order valence-corrected chi connectivity index (χ3v) is 2.58. The molecule has 0 aliphatic rings. The van der Waals surface area contributed by atoms with Gasteiger partial charge in [0.1, 0.15) is 5.82 Å². The van der Waals surface area contributed by atoms with E-state index >= 15 is 0 Å². The highest BCUT2D eigenvalue weighted by Gasteiger charge is 2.16. The molecule has 0 saturated heterocycles. The molecule has 0 bridgehead atoms. The van der Waals surface area contributed by atoms with Crippen molar-refractivity contribution >= 4 is 0 Å². The molecule has 0 spiro atoms. The van der Waals surface area contributed by atoms with Crippen LogP contribution in [-0.2, 0) is 0 Å². The minimum atomic E-state index is -0.728. The molecule has 78 valence electrons. The molecule has 2 nitrogen and oxygen atoms in total. The van der Waals surface area contributed by atoms with Crippen LogP contribution in [0.25, 0.3) is 0 Å². The van der Waals surface area contributed by atoms with Gasteiger partial charge in [-0.2, -0.15) is 0 Å². The lowest BCUT2D eigenvalue weighted by molar-refractivity contribution is 0.152. The van der Waals surface area contributed by atoms with E-state index in [0.717, 1.165) is 5.56 Å². The Morgan fingerprint density at radius 2 is 1.86 bits per heavy atom. The van der Waals surface area contributed by atoms with Crippen LogP contribution in [0.15, 0.2) is 12.1 Å². The smallest absolute Gasteiger partial charge is 0.126 e. The van der Waals surface area contributed by atoms with E-state index in [4.69, 9.17) is 5.73 Å². The van der Waals surface area contributed by atoms with Gasteiger partial charge in [0, 0.05) is 6.04 Å². The van der Waals surface area contributed by atoms with Gasteiger partial charge in [-0.05, 0) is 43.5 Å². The minimum absolute atomic E-state index is 0.247. The van der Waals surface area contributed by atoms with Crippen LogP contribution in [0.2, 0.25) is 0 Å². The third kappa shape index (κ3) is 1.94. The first kappa shape index (κ1) is 11.1. The highest BCUT2D eigenvalue weighted by atomic mass is 19.1. The topological polar surface area (TPSA) is 46.2 Å². The van der Waals surface area contributed by atoms with Gasteiger partial charge < -0.3 is 10.8 Å². The number of aliphatic hydroxyl groups is 1. The van der Waals surface area contributed by atoms with Gasteiger partial charge in [-0.3, -0.25) is 0 Å². The predicted molar refractivity (Wildman–Crippen MR) is 54.5 cm³/mol. The van der Waals surface area contributed by atoms with Crippen LogP contribution in [-0.4, -0.2) is 11.1 Å². The SMILES string of the molecule is Cc1c(F)ccc([C@H](O)[C@@H](C)N)c1C. The maximum Gasteiger partial charge on any atom is 0.126 e. The Labute approximate surface area is 83.6 Å². The summed E-state index contributed by atoms with van der Waals surface area (Å²) in [6.07, 6.45) is -0.728. The second-order valence-electron chi connectivity index (χ2n) is 3.69. The number of halogens is 1. The minimum Gasteiger partial charge on any atom is -0.387 e. The molecule has 0 aliphatic heterocycles. The van der Waals surface area contributed by atoms with E-state index in [-0.39, 0.29) is 11.9 Å². The Bertz CT molecular complexity index is 336. The molecule has 0 aromatic heterocycles. The molecule has 0 radical (unpaired) electrons. The lowest BCUT2D eigenvalue weighted by atomic mass is 9.96. The largest absolute Gasteiger partial charge is 0.387 e. The van der Waals surface area contributed by atoms with E-state index in [9.17, 15) is 9.50 Å². The first-order chi connectivity index (χ1) is 6.45. The summed E-state index contributed by atoms with van der Waals surface area (Å²) in [5.74, 6) is -0.247. The fourth-order valence-electron chi connectivity index (χ4n) is 1.41. The van der Waals surface area contributed by atoms with Crippen molar-refractivity contribution in [2.24, 2.45) is 5.73 Å². The van der Waals surface area contributed by atoms with E-state index in [1.807, 2.05) is 0 Å².